The van der Waals surface area contributed by atoms with E-state index in [2.05, 4.69) is 0 Å². The summed E-state index contributed by atoms with van der Waals surface area (Å²) in [6.45, 7) is 0. The molecule has 0 radical (unpaired) electrons. The minimum Gasteiger partial charge on any atom is -0.497 e. The third-order valence-electron chi connectivity index (χ3n) is 4.29. The molecule has 1 aliphatic rings. The first-order valence-corrected chi connectivity index (χ1v) is 7.80. The predicted octanol–water partition coefficient (Wildman–Crippen LogP) is 3.16. The third kappa shape index (κ3) is 2.95. The predicted molar refractivity (Wildman–Crippen MR) is 91.2 cm³/mol. The summed E-state index contributed by atoms with van der Waals surface area (Å²) in [7, 11) is 6.24. The van der Waals surface area contributed by atoms with E-state index in [-0.39, 0.29) is 18.3 Å². The fourth-order valence-corrected chi connectivity index (χ4v) is 3.12. The van der Waals surface area contributed by atoms with Gasteiger partial charge >= 0.3 is 5.97 Å². The summed E-state index contributed by atoms with van der Waals surface area (Å²) in [5.41, 5.74) is 1.73. The highest BCUT2D eigenvalue weighted by Gasteiger charge is 2.35. The van der Waals surface area contributed by atoms with E-state index < -0.39 is 0 Å². The summed E-state index contributed by atoms with van der Waals surface area (Å²) in [6.07, 6.45) is 0.213. The molecule has 25 heavy (non-hydrogen) atoms. The van der Waals surface area contributed by atoms with E-state index in [1.165, 1.54) is 7.11 Å². The lowest BCUT2D eigenvalue weighted by Crippen LogP contribution is -2.22. The second-order valence-corrected chi connectivity index (χ2v) is 5.56. The monoisotopic (exact) mass is 344 g/mol. The second kappa shape index (κ2) is 6.93. The second-order valence-electron chi connectivity index (χ2n) is 5.56. The van der Waals surface area contributed by atoms with Gasteiger partial charge in [-0.15, -0.1) is 0 Å². The standard InChI is InChI=1S/C19H20O6/c1-21-12-7-5-11(6-8-12)13-9-16(20)25-14-10-15(22-2)18(23-3)19(24-4)17(13)14/h5-8,10,13H,9H2,1-4H3/t13-/m0/s1. The highest BCUT2D eigenvalue weighted by molar-refractivity contribution is 5.80. The van der Waals surface area contributed by atoms with Crippen LogP contribution in [0.2, 0.25) is 0 Å². The van der Waals surface area contributed by atoms with Crippen molar-refractivity contribution < 1.29 is 28.5 Å². The van der Waals surface area contributed by atoms with Crippen LogP contribution in [0.15, 0.2) is 30.3 Å². The van der Waals surface area contributed by atoms with Gasteiger partial charge in [-0.05, 0) is 17.7 Å². The molecule has 1 atom stereocenters. The fraction of sp³-hybridized carbons (Fsp3) is 0.316. The van der Waals surface area contributed by atoms with Gasteiger partial charge in [0.2, 0.25) is 5.75 Å². The Morgan fingerprint density at radius 1 is 0.920 bits per heavy atom. The van der Waals surface area contributed by atoms with Gasteiger partial charge in [-0.2, -0.15) is 0 Å². The van der Waals surface area contributed by atoms with E-state index in [1.807, 2.05) is 24.3 Å². The van der Waals surface area contributed by atoms with Gasteiger partial charge in [-0.1, -0.05) is 12.1 Å². The zero-order valence-corrected chi connectivity index (χ0v) is 14.6. The van der Waals surface area contributed by atoms with Crippen LogP contribution in [0.5, 0.6) is 28.7 Å². The molecule has 1 aliphatic heterocycles. The largest absolute Gasteiger partial charge is 0.497 e. The molecular formula is C19H20O6. The first-order chi connectivity index (χ1) is 12.1. The number of carbonyl (C=O) groups is 1. The van der Waals surface area contributed by atoms with Gasteiger partial charge in [0.25, 0.3) is 0 Å². The van der Waals surface area contributed by atoms with Crippen LogP contribution in [0.1, 0.15) is 23.5 Å². The van der Waals surface area contributed by atoms with E-state index in [1.54, 1.807) is 27.4 Å². The summed E-state index contributed by atoms with van der Waals surface area (Å²) in [5.74, 6) is 2.08. The lowest BCUT2D eigenvalue weighted by Gasteiger charge is -2.28. The van der Waals surface area contributed by atoms with E-state index >= 15 is 0 Å². The number of fused-ring (bicyclic) bond motifs is 1. The first-order valence-electron chi connectivity index (χ1n) is 7.80. The molecule has 0 aromatic heterocycles. The van der Waals surface area contributed by atoms with E-state index in [4.69, 9.17) is 23.7 Å². The van der Waals surface area contributed by atoms with Crippen LogP contribution in [-0.4, -0.2) is 34.4 Å². The van der Waals surface area contributed by atoms with Crippen molar-refractivity contribution in [3.63, 3.8) is 0 Å². The van der Waals surface area contributed by atoms with Crippen molar-refractivity contribution in [1.29, 1.82) is 0 Å². The Labute approximate surface area is 146 Å². The average Bonchev–Trinajstić information content (AvgIpc) is 2.65. The highest BCUT2D eigenvalue weighted by Crippen LogP contribution is 2.52. The minimum absolute atomic E-state index is 0.211. The molecule has 6 nitrogen and oxygen atoms in total. The molecule has 0 spiro atoms. The van der Waals surface area contributed by atoms with Crippen LogP contribution in [0, 0.1) is 0 Å². The topological polar surface area (TPSA) is 63.2 Å². The Balaban J connectivity index is 2.19. The summed E-state index contributed by atoms with van der Waals surface area (Å²) in [5, 5.41) is 0. The zero-order valence-electron chi connectivity index (χ0n) is 14.6. The van der Waals surface area contributed by atoms with Crippen molar-refractivity contribution >= 4 is 5.97 Å². The summed E-state index contributed by atoms with van der Waals surface area (Å²) in [6, 6.07) is 9.25. The summed E-state index contributed by atoms with van der Waals surface area (Å²) in [4.78, 5) is 12.1. The van der Waals surface area contributed by atoms with Crippen molar-refractivity contribution in [3.8, 4) is 28.7 Å². The number of benzene rings is 2. The van der Waals surface area contributed by atoms with Crippen LogP contribution in [0.3, 0.4) is 0 Å². The van der Waals surface area contributed by atoms with Crippen molar-refractivity contribution in [1.82, 2.24) is 0 Å². The number of esters is 1. The smallest absolute Gasteiger partial charge is 0.312 e. The Morgan fingerprint density at radius 3 is 2.16 bits per heavy atom. The van der Waals surface area contributed by atoms with E-state index in [9.17, 15) is 4.79 Å². The van der Waals surface area contributed by atoms with Crippen molar-refractivity contribution in [3.05, 3.63) is 41.5 Å². The van der Waals surface area contributed by atoms with E-state index in [0.717, 1.165) is 16.9 Å². The molecule has 2 aromatic carbocycles. The SMILES string of the molecule is COc1ccc([C@@H]2CC(=O)Oc3cc(OC)c(OC)c(OC)c32)cc1. The zero-order chi connectivity index (χ0) is 18.0. The van der Waals surface area contributed by atoms with Crippen LogP contribution < -0.4 is 23.7 Å². The molecule has 0 unspecified atom stereocenters. The molecule has 3 rings (SSSR count). The normalized spacial score (nSPS) is 15.8. The van der Waals surface area contributed by atoms with Crippen LogP contribution in [0.4, 0.5) is 0 Å². The fourth-order valence-electron chi connectivity index (χ4n) is 3.12. The lowest BCUT2D eigenvalue weighted by atomic mass is 9.85. The van der Waals surface area contributed by atoms with Gasteiger partial charge < -0.3 is 23.7 Å². The molecule has 0 bridgehead atoms. The molecule has 132 valence electrons. The average molecular weight is 344 g/mol. The molecule has 2 aromatic rings. The van der Waals surface area contributed by atoms with Gasteiger partial charge in [0.15, 0.2) is 11.5 Å². The molecule has 0 N–H and O–H groups in total. The Bertz CT molecular complexity index is 781. The van der Waals surface area contributed by atoms with Crippen molar-refractivity contribution in [2.24, 2.45) is 0 Å². The number of rotatable bonds is 5. The first kappa shape index (κ1) is 17.0. The lowest BCUT2D eigenvalue weighted by molar-refractivity contribution is -0.135. The number of carbonyl (C=O) groups excluding carboxylic acids is 1. The maximum absolute atomic E-state index is 12.1. The minimum atomic E-state index is -0.303. The van der Waals surface area contributed by atoms with Crippen molar-refractivity contribution in [2.45, 2.75) is 12.3 Å². The van der Waals surface area contributed by atoms with Crippen LogP contribution >= 0.6 is 0 Å². The maximum Gasteiger partial charge on any atom is 0.312 e. The van der Waals surface area contributed by atoms with Gasteiger partial charge in [-0.25, -0.2) is 0 Å². The quantitative estimate of drug-likeness (QED) is 0.613. The van der Waals surface area contributed by atoms with E-state index in [0.29, 0.717) is 23.0 Å². The number of methoxy groups -OCH3 is 4. The van der Waals surface area contributed by atoms with Crippen LogP contribution in [0.25, 0.3) is 0 Å². The molecule has 0 amide bonds. The van der Waals surface area contributed by atoms with Crippen molar-refractivity contribution in [2.75, 3.05) is 28.4 Å². The molecular weight excluding hydrogens is 324 g/mol. The number of ether oxygens (including phenoxy) is 5. The van der Waals surface area contributed by atoms with Gasteiger partial charge in [0, 0.05) is 17.5 Å². The Morgan fingerprint density at radius 2 is 1.60 bits per heavy atom. The molecule has 1 heterocycles. The number of hydrogen-bond donors (Lipinski definition) is 0. The highest BCUT2D eigenvalue weighted by atomic mass is 16.5. The number of hydrogen-bond acceptors (Lipinski definition) is 6. The molecule has 0 fully saturated rings. The Hall–Kier alpha value is -2.89. The third-order valence-corrected chi connectivity index (χ3v) is 4.29. The summed E-state index contributed by atoms with van der Waals surface area (Å²) >= 11 is 0. The van der Waals surface area contributed by atoms with Crippen LogP contribution in [-0.2, 0) is 4.79 Å². The maximum atomic E-state index is 12.1. The summed E-state index contributed by atoms with van der Waals surface area (Å²) < 4.78 is 27.0. The van der Waals surface area contributed by atoms with Gasteiger partial charge in [0.1, 0.15) is 11.5 Å². The molecule has 6 heteroatoms. The Kier molecular flexibility index (Phi) is 4.70. The van der Waals surface area contributed by atoms with Gasteiger partial charge in [0.05, 0.1) is 34.9 Å². The molecule has 0 saturated heterocycles. The molecule has 0 saturated carbocycles. The molecule has 0 aliphatic carbocycles. The van der Waals surface area contributed by atoms with Gasteiger partial charge in [-0.3, -0.25) is 4.79 Å².